The maximum atomic E-state index is 12.5. The molecule has 1 aromatic rings. The van der Waals surface area contributed by atoms with Crippen molar-refractivity contribution in [3.63, 3.8) is 0 Å². The molecule has 0 radical (unpaired) electrons. The van der Waals surface area contributed by atoms with Gasteiger partial charge in [0, 0.05) is 20.6 Å². The number of sulfonamides is 1. The fourth-order valence-electron chi connectivity index (χ4n) is 2.29. The molecule has 19 heavy (non-hydrogen) atoms. The Morgan fingerprint density at radius 1 is 1.58 bits per heavy atom. The first-order valence-corrected chi connectivity index (χ1v) is 8.38. The van der Waals surface area contributed by atoms with Gasteiger partial charge in [0.05, 0.1) is 0 Å². The Morgan fingerprint density at radius 3 is 2.84 bits per heavy atom. The van der Waals surface area contributed by atoms with E-state index in [0.29, 0.717) is 12.5 Å². The Labute approximate surface area is 121 Å². The van der Waals surface area contributed by atoms with Gasteiger partial charge in [-0.2, -0.15) is 4.31 Å². The van der Waals surface area contributed by atoms with Crippen LogP contribution in [0.3, 0.4) is 0 Å². The molecule has 1 saturated heterocycles. The Kier molecular flexibility index (Phi) is 4.59. The van der Waals surface area contributed by atoms with Crippen LogP contribution in [0.15, 0.2) is 9.63 Å². The SMILES string of the molecule is CN(CC1CCCNC1)S(=O)(=O)c1c(Br)nnn1C. The Bertz CT molecular complexity index is 519. The van der Waals surface area contributed by atoms with E-state index in [1.807, 2.05) is 0 Å². The molecule has 1 aliphatic heterocycles. The van der Waals surface area contributed by atoms with Crippen molar-refractivity contribution < 1.29 is 8.42 Å². The van der Waals surface area contributed by atoms with Crippen LogP contribution in [0.4, 0.5) is 0 Å². The van der Waals surface area contributed by atoms with Crippen LogP contribution >= 0.6 is 15.9 Å². The molecule has 1 aliphatic rings. The minimum Gasteiger partial charge on any atom is -0.316 e. The predicted octanol–water partition coefficient (Wildman–Crippen LogP) is 0.198. The minimum atomic E-state index is -3.56. The Balaban J connectivity index is 2.15. The average molecular weight is 352 g/mol. The summed E-state index contributed by atoms with van der Waals surface area (Å²) in [6.07, 6.45) is 2.15. The van der Waals surface area contributed by atoms with E-state index in [1.165, 1.54) is 8.99 Å². The van der Waals surface area contributed by atoms with Crippen molar-refractivity contribution in [2.75, 3.05) is 26.7 Å². The number of piperidine rings is 1. The molecule has 7 nitrogen and oxygen atoms in total. The third-order valence-electron chi connectivity index (χ3n) is 3.31. The van der Waals surface area contributed by atoms with E-state index in [-0.39, 0.29) is 9.63 Å². The van der Waals surface area contributed by atoms with E-state index in [2.05, 4.69) is 31.6 Å². The van der Waals surface area contributed by atoms with Gasteiger partial charge in [0.1, 0.15) is 0 Å². The van der Waals surface area contributed by atoms with Gasteiger partial charge in [-0.05, 0) is 47.8 Å². The lowest BCUT2D eigenvalue weighted by Crippen LogP contribution is -2.39. The molecule has 0 amide bonds. The summed E-state index contributed by atoms with van der Waals surface area (Å²) in [6.45, 7) is 2.39. The topological polar surface area (TPSA) is 80.1 Å². The van der Waals surface area contributed by atoms with E-state index >= 15 is 0 Å². The summed E-state index contributed by atoms with van der Waals surface area (Å²) in [6, 6.07) is 0. The predicted molar refractivity (Wildman–Crippen MR) is 74.1 cm³/mol. The van der Waals surface area contributed by atoms with Crippen molar-refractivity contribution in [2.24, 2.45) is 13.0 Å². The van der Waals surface area contributed by atoms with Crippen LogP contribution in [-0.2, 0) is 17.1 Å². The maximum Gasteiger partial charge on any atom is 0.262 e. The van der Waals surface area contributed by atoms with E-state index < -0.39 is 10.0 Å². The van der Waals surface area contributed by atoms with Gasteiger partial charge in [-0.3, -0.25) is 0 Å². The summed E-state index contributed by atoms with van der Waals surface area (Å²) in [5.41, 5.74) is 0. The third kappa shape index (κ3) is 3.15. The molecule has 2 rings (SSSR count). The van der Waals surface area contributed by atoms with Gasteiger partial charge in [-0.25, -0.2) is 13.1 Å². The van der Waals surface area contributed by atoms with Crippen LogP contribution < -0.4 is 5.32 Å². The molecule has 0 spiro atoms. The molecule has 0 aromatic carbocycles. The fourth-order valence-corrected chi connectivity index (χ4v) is 4.55. The zero-order valence-electron chi connectivity index (χ0n) is 11.0. The number of rotatable bonds is 4. The van der Waals surface area contributed by atoms with Crippen LogP contribution in [0.2, 0.25) is 0 Å². The molecular weight excluding hydrogens is 334 g/mol. The monoisotopic (exact) mass is 351 g/mol. The van der Waals surface area contributed by atoms with E-state index in [4.69, 9.17) is 0 Å². The first kappa shape index (κ1) is 14.9. The standard InChI is InChI=1S/C10H18BrN5O2S/c1-15(7-8-4-3-5-12-6-8)19(17,18)10-9(11)13-14-16(10)2/h8,12H,3-7H2,1-2H3. The molecule has 0 saturated carbocycles. The zero-order chi connectivity index (χ0) is 14.0. The Morgan fingerprint density at radius 2 is 2.32 bits per heavy atom. The fraction of sp³-hybridized carbons (Fsp3) is 0.800. The van der Waals surface area contributed by atoms with Crippen molar-refractivity contribution in [1.29, 1.82) is 0 Å². The van der Waals surface area contributed by atoms with Gasteiger partial charge in [-0.1, -0.05) is 5.21 Å². The first-order chi connectivity index (χ1) is 8.93. The van der Waals surface area contributed by atoms with Gasteiger partial charge >= 0.3 is 0 Å². The highest BCUT2D eigenvalue weighted by molar-refractivity contribution is 9.10. The van der Waals surface area contributed by atoms with Gasteiger partial charge in [0.25, 0.3) is 10.0 Å². The minimum absolute atomic E-state index is 0.0961. The second-order valence-electron chi connectivity index (χ2n) is 4.81. The lowest BCUT2D eigenvalue weighted by atomic mass is 10.00. The Hall–Kier alpha value is -0.510. The molecule has 1 N–H and O–H groups in total. The van der Waals surface area contributed by atoms with Crippen molar-refractivity contribution in [3.8, 4) is 0 Å². The molecule has 9 heteroatoms. The van der Waals surface area contributed by atoms with E-state index in [0.717, 1.165) is 25.9 Å². The summed E-state index contributed by atoms with van der Waals surface area (Å²) in [4.78, 5) is 0. The van der Waals surface area contributed by atoms with Gasteiger partial charge in [0.15, 0.2) is 4.60 Å². The lowest BCUT2D eigenvalue weighted by Gasteiger charge is -2.27. The van der Waals surface area contributed by atoms with Crippen LogP contribution in [0.1, 0.15) is 12.8 Å². The van der Waals surface area contributed by atoms with Crippen LogP contribution in [0.5, 0.6) is 0 Å². The molecule has 1 aromatic heterocycles. The summed E-state index contributed by atoms with van der Waals surface area (Å²) < 4.78 is 27.9. The summed E-state index contributed by atoms with van der Waals surface area (Å²) in [5, 5.41) is 10.8. The summed E-state index contributed by atoms with van der Waals surface area (Å²) in [7, 11) is -0.389. The molecule has 1 atom stereocenters. The quantitative estimate of drug-likeness (QED) is 0.837. The van der Waals surface area contributed by atoms with Gasteiger partial charge in [0.2, 0.25) is 5.03 Å². The highest BCUT2D eigenvalue weighted by atomic mass is 79.9. The number of hydrogen-bond acceptors (Lipinski definition) is 5. The molecule has 1 unspecified atom stereocenters. The smallest absolute Gasteiger partial charge is 0.262 e. The lowest BCUT2D eigenvalue weighted by molar-refractivity contribution is 0.313. The molecule has 2 heterocycles. The van der Waals surface area contributed by atoms with Crippen LogP contribution in [0.25, 0.3) is 0 Å². The highest BCUT2D eigenvalue weighted by Crippen LogP contribution is 2.22. The number of nitrogens with one attached hydrogen (secondary N) is 1. The normalized spacial score (nSPS) is 20.9. The molecule has 0 bridgehead atoms. The van der Waals surface area contributed by atoms with E-state index in [9.17, 15) is 8.42 Å². The maximum absolute atomic E-state index is 12.5. The number of nitrogens with zero attached hydrogens (tertiary/aromatic N) is 4. The first-order valence-electron chi connectivity index (χ1n) is 6.15. The second kappa shape index (κ2) is 5.86. The van der Waals surface area contributed by atoms with E-state index in [1.54, 1.807) is 14.1 Å². The number of hydrogen-bond donors (Lipinski definition) is 1. The van der Waals surface area contributed by atoms with Crippen molar-refractivity contribution >= 4 is 26.0 Å². The van der Waals surface area contributed by atoms with Crippen molar-refractivity contribution in [1.82, 2.24) is 24.6 Å². The summed E-state index contributed by atoms with van der Waals surface area (Å²) >= 11 is 3.13. The number of aromatic nitrogens is 3. The van der Waals surface area contributed by atoms with Crippen LogP contribution in [0, 0.1) is 5.92 Å². The molecule has 108 valence electrons. The summed E-state index contributed by atoms with van der Waals surface area (Å²) in [5.74, 6) is 0.355. The molecular formula is C10H18BrN5O2S. The molecule has 0 aliphatic carbocycles. The highest BCUT2D eigenvalue weighted by Gasteiger charge is 2.30. The second-order valence-corrected chi connectivity index (χ2v) is 7.52. The third-order valence-corrected chi connectivity index (χ3v) is 6.02. The largest absolute Gasteiger partial charge is 0.316 e. The average Bonchev–Trinajstić information content (AvgIpc) is 2.70. The van der Waals surface area contributed by atoms with Gasteiger partial charge in [-0.15, -0.1) is 5.10 Å². The van der Waals surface area contributed by atoms with Gasteiger partial charge < -0.3 is 5.32 Å². The van der Waals surface area contributed by atoms with Crippen molar-refractivity contribution in [3.05, 3.63) is 4.60 Å². The zero-order valence-corrected chi connectivity index (χ0v) is 13.4. The van der Waals surface area contributed by atoms with Crippen molar-refractivity contribution in [2.45, 2.75) is 17.9 Å². The molecule has 1 fully saturated rings. The number of halogens is 1. The number of aryl methyl sites for hydroxylation is 1. The van der Waals surface area contributed by atoms with Crippen LogP contribution in [-0.4, -0.2) is 54.4 Å².